The quantitative estimate of drug-likeness (QED) is 0.494. The van der Waals surface area contributed by atoms with E-state index in [2.05, 4.69) is 22.4 Å². The van der Waals surface area contributed by atoms with Crippen molar-refractivity contribution < 1.29 is 14.5 Å². The zero-order valence-corrected chi connectivity index (χ0v) is 16.8. The van der Waals surface area contributed by atoms with Gasteiger partial charge in [-0.05, 0) is 47.5 Å². The first-order valence-corrected chi connectivity index (χ1v) is 10.2. The van der Waals surface area contributed by atoms with Gasteiger partial charge in [-0.1, -0.05) is 30.3 Å². The van der Waals surface area contributed by atoms with Crippen molar-refractivity contribution in [2.24, 2.45) is 0 Å². The number of pyridine rings is 1. The molecule has 6 nitrogen and oxygen atoms in total. The lowest BCUT2D eigenvalue weighted by molar-refractivity contribution is -0.552. The number of carbonyl (C=O) groups excluding carboxylic acids is 1. The molecule has 2 aromatic heterocycles. The van der Waals surface area contributed by atoms with Crippen LogP contribution in [0.5, 0.6) is 5.75 Å². The van der Waals surface area contributed by atoms with Crippen LogP contribution < -0.4 is 9.88 Å². The fraction of sp³-hybridized carbons (Fsp3) is 0.120. The molecule has 2 aromatic carbocycles. The SMILES string of the molecule is O=C1C(Cc2ccncc2)Nc2c(Cc3ccccc3)nc(-c3ccc(O)cc3)c[n+]21. The Hall–Kier alpha value is -4.06. The third kappa shape index (κ3) is 3.88. The van der Waals surface area contributed by atoms with Gasteiger partial charge in [0.1, 0.15) is 23.3 Å². The second-order valence-corrected chi connectivity index (χ2v) is 7.60. The number of nitrogens with zero attached hydrogens (tertiary/aromatic N) is 3. The molecule has 1 aliphatic rings. The van der Waals surface area contributed by atoms with E-state index in [9.17, 15) is 9.90 Å². The van der Waals surface area contributed by atoms with Crippen LogP contribution >= 0.6 is 0 Å². The van der Waals surface area contributed by atoms with Crippen LogP contribution in [0.15, 0.2) is 85.3 Å². The number of rotatable bonds is 5. The summed E-state index contributed by atoms with van der Waals surface area (Å²) in [6, 6.07) is 20.4. The highest BCUT2D eigenvalue weighted by Crippen LogP contribution is 2.25. The number of nitrogens with one attached hydrogen (secondary N) is 1. The molecule has 0 aliphatic carbocycles. The van der Waals surface area contributed by atoms with Crippen molar-refractivity contribution in [2.75, 3.05) is 5.32 Å². The average molecular weight is 409 g/mol. The maximum Gasteiger partial charge on any atom is 0.359 e. The van der Waals surface area contributed by atoms with Gasteiger partial charge in [-0.3, -0.25) is 10.3 Å². The summed E-state index contributed by atoms with van der Waals surface area (Å²) >= 11 is 0. The van der Waals surface area contributed by atoms with Gasteiger partial charge in [-0.25, -0.2) is 9.78 Å². The van der Waals surface area contributed by atoms with Gasteiger partial charge >= 0.3 is 11.7 Å². The predicted molar refractivity (Wildman–Crippen MR) is 117 cm³/mol. The molecule has 152 valence electrons. The minimum Gasteiger partial charge on any atom is -0.508 e. The van der Waals surface area contributed by atoms with Gasteiger partial charge in [-0.15, -0.1) is 0 Å². The maximum absolute atomic E-state index is 13.3. The average Bonchev–Trinajstić information content (AvgIpc) is 3.11. The number of anilines is 1. The van der Waals surface area contributed by atoms with Gasteiger partial charge in [0.15, 0.2) is 6.04 Å². The van der Waals surface area contributed by atoms with E-state index in [1.807, 2.05) is 30.3 Å². The highest BCUT2D eigenvalue weighted by Gasteiger charge is 2.41. The van der Waals surface area contributed by atoms with E-state index < -0.39 is 0 Å². The molecular weight excluding hydrogens is 388 g/mol. The van der Waals surface area contributed by atoms with E-state index in [1.165, 1.54) is 0 Å². The third-order valence-corrected chi connectivity index (χ3v) is 5.43. The summed E-state index contributed by atoms with van der Waals surface area (Å²) in [7, 11) is 0. The molecule has 6 heteroatoms. The zero-order valence-electron chi connectivity index (χ0n) is 16.8. The number of aromatic hydroxyl groups is 1. The van der Waals surface area contributed by atoms with Crippen LogP contribution in [-0.4, -0.2) is 27.0 Å². The minimum atomic E-state index is -0.367. The van der Waals surface area contributed by atoms with Gasteiger partial charge in [-0.2, -0.15) is 4.57 Å². The van der Waals surface area contributed by atoms with Crippen molar-refractivity contribution in [1.29, 1.82) is 0 Å². The molecule has 1 atom stereocenters. The van der Waals surface area contributed by atoms with E-state index in [-0.39, 0.29) is 17.7 Å². The molecule has 0 spiro atoms. The minimum absolute atomic E-state index is 0.0106. The van der Waals surface area contributed by atoms with Gasteiger partial charge < -0.3 is 5.11 Å². The summed E-state index contributed by atoms with van der Waals surface area (Å²) in [5, 5.41) is 13.0. The highest BCUT2D eigenvalue weighted by molar-refractivity contribution is 5.82. The molecule has 1 aliphatic heterocycles. The van der Waals surface area contributed by atoms with Crippen molar-refractivity contribution >= 4 is 11.7 Å². The normalized spacial score (nSPS) is 14.8. The maximum atomic E-state index is 13.3. The van der Waals surface area contributed by atoms with Crippen LogP contribution in [0.25, 0.3) is 11.3 Å². The standard InChI is InChI=1S/C25H20N4O2/c30-20-8-6-19(7-9-20)23-16-29-24(21(27-23)14-17-4-2-1-3-5-17)28-22(25(29)31)15-18-10-12-26-13-11-18/h1-13,16,22,30H,14-15H2/p+1. The first-order valence-electron chi connectivity index (χ1n) is 10.2. The van der Waals surface area contributed by atoms with Crippen molar-refractivity contribution in [2.45, 2.75) is 18.9 Å². The third-order valence-electron chi connectivity index (χ3n) is 5.43. The summed E-state index contributed by atoms with van der Waals surface area (Å²) in [5.74, 6) is 0.913. The molecule has 0 saturated carbocycles. The summed E-state index contributed by atoms with van der Waals surface area (Å²) in [6.45, 7) is 0. The summed E-state index contributed by atoms with van der Waals surface area (Å²) in [4.78, 5) is 22.2. The van der Waals surface area contributed by atoms with Crippen LogP contribution in [0.3, 0.4) is 0 Å². The Bertz CT molecular complexity index is 1230. The molecule has 4 aromatic rings. The zero-order chi connectivity index (χ0) is 21.2. The van der Waals surface area contributed by atoms with Crippen molar-refractivity contribution in [1.82, 2.24) is 9.97 Å². The van der Waals surface area contributed by atoms with E-state index in [0.717, 1.165) is 28.2 Å². The Balaban J connectivity index is 1.55. The smallest absolute Gasteiger partial charge is 0.359 e. The monoisotopic (exact) mass is 409 g/mol. The molecule has 2 N–H and O–H groups in total. The number of phenolic OH excluding ortho intramolecular Hbond substituents is 1. The number of benzene rings is 2. The molecule has 5 rings (SSSR count). The lowest BCUT2D eigenvalue weighted by Crippen LogP contribution is -2.44. The topological polar surface area (TPSA) is 79.0 Å². The lowest BCUT2D eigenvalue weighted by atomic mass is 10.1. The van der Waals surface area contributed by atoms with Gasteiger partial charge in [0, 0.05) is 30.8 Å². The molecule has 0 fully saturated rings. The highest BCUT2D eigenvalue weighted by atomic mass is 16.3. The first-order chi connectivity index (χ1) is 15.2. The molecular formula is C25H21N4O2+. The van der Waals surface area contributed by atoms with Gasteiger partial charge in [0.05, 0.1) is 0 Å². The number of phenols is 1. The van der Waals surface area contributed by atoms with Gasteiger partial charge in [0.2, 0.25) is 0 Å². The van der Waals surface area contributed by atoms with Crippen LogP contribution in [0.4, 0.5) is 5.82 Å². The molecule has 31 heavy (non-hydrogen) atoms. The Labute approximate surface area is 179 Å². The largest absolute Gasteiger partial charge is 0.508 e. The molecule has 0 saturated heterocycles. The van der Waals surface area contributed by atoms with Crippen LogP contribution in [-0.2, 0) is 12.8 Å². The van der Waals surface area contributed by atoms with E-state index in [0.29, 0.717) is 18.5 Å². The number of hydrogen-bond acceptors (Lipinski definition) is 5. The van der Waals surface area contributed by atoms with Crippen molar-refractivity contribution in [3.05, 3.63) is 102 Å². The van der Waals surface area contributed by atoms with E-state index in [4.69, 9.17) is 4.98 Å². The van der Waals surface area contributed by atoms with Crippen molar-refractivity contribution in [3.8, 4) is 17.0 Å². The fourth-order valence-electron chi connectivity index (χ4n) is 3.85. The van der Waals surface area contributed by atoms with Crippen molar-refractivity contribution in [3.63, 3.8) is 0 Å². The van der Waals surface area contributed by atoms with Crippen LogP contribution in [0, 0.1) is 0 Å². The number of fused-ring (bicyclic) bond motifs is 1. The molecule has 1 unspecified atom stereocenters. The number of carbonyl (C=O) groups is 1. The summed E-state index contributed by atoms with van der Waals surface area (Å²) < 4.78 is 1.68. The Morgan fingerprint density at radius 2 is 1.68 bits per heavy atom. The Morgan fingerprint density at radius 3 is 2.42 bits per heavy atom. The molecule has 0 radical (unpaired) electrons. The predicted octanol–water partition coefficient (Wildman–Crippen LogP) is 3.40. The van der Waals surface area contributed by atoms with Crippen LogP contribution in [0.2, 0.25) is 0 Å². The molecule has 0 amide bonds. The molecule has 0 bridgehead atoms. The summed E-state index contributed by atoms with van der Waals surface area (Å²) in [6.07, 6.45) is 6.42. The fourth-order valence-corrected chi connectivity index (χ4v) is 3.85. The second kappa shape index (κ2) is 7.99. The number of hydrogen-bond donors (Lipinski definition) is 2. The second-order valence-electron chi connectivity index (χ2n) is 7.60. The Kier molecular flexibility index (Phi) is 4.88. The Morgan fingerprint density at radius 1 is 0.935 bits per heavy atom. The lowest BCUT2D eigenvalue weighted by Gasteiger charge is -2.07. The van der Waals surface area contributed by atoms with E-state index >= 15 is 0 Å². The molecule has 3 heterocycles. The van der Waals surface area contributed by atoms with Gasteiger partial charge in [0.25, 0.3) is 0 Å². The number of aromatic nitrogens is 3. The summed E-state index contributed by atoms with van der Waals surface area (Å²) in [5.41, 5.74) is 4.50. The first kappa shape index (κ1) is 18.9. The van der Waals surface area contributed by atoms with E-state index in [1.54, 1.807) is 47.4 Å². The van der Waals surface area contributed by atoms with Crippen LogP contribution in [0.1, 0.15) is 21.6 Å².